The summed E-state index contributed by atoms with van der Waals surface area (Å²) in [5.41, 5.74) is 5.14. The molecule has 2 unspecified atom stereocenters. The molecule has 8 rings (SSSR count). The number of nitrogens with zero attached hydrogens (tertiary/aromatic N) is 3. The number of methoxy groups -OCH3 is 1. The van der Waals surface area contributed by atoms with Crippen molar-refractivity contribution in [2.45, 2.75) is 56.9 Å². The molecule has 12 heteroatoms. The van der Waals surface area contributed by atoms with E-state index in [0.29, 0.717) is 52.0 Å². The summed E-state index contributed by atoms with van der Waals surface area (Å²) in [6.45, 7) is 3.69. The average molecular weight is 663 g/mol. The highest BCUT2D eigenvalue weighted by atomic mass is 32.2. The molecular weight excluding hydrogens is 620 g/mol. The summed E-state index contributed by atoms with van der Waals surface area (Å²) < 4.78 is 48.6. The van der Waals surface area contributed by atoms with Crippen molar-refractivity contribution < 1.29 is 32.2 Å². The third-order valence-corrected chi connectivity index (χ3v) is 12.5. The summed E-state index contributed by atoms with van der Waals surface area (Å²) in [6, 6.07) is 11.8. The molecule has 0 spiro atoms. The molecule has 1 aromatic heterocycles. The molecule has 47 heavy (non-hydrogen) atoms. The molecule has 2 aromatic carbocycles. The first-order valence-corrected chi connectivity index (χ1v) is 18.4. The topological polar surface area (TPSA) is 119 Å². The van der Waals surface area contributed by atoms with Crippen LogP contribution in [-0.2, 0) is 31.0 Å². The van der Waals surface area contributed by atoms with E-state index < -0.39 is 21.5 Å². The van der Waals surface area contributed by atoms with Gasteiger partial charge in [-0.15, -0.1) is 0 Å². The largest absolute Gasteiger partial charge is 0.497 e. The van der Waals surface area contributed by atoms with E-state index >= 15 is 0 Å². The summed E-state index contributed by atoms with van der Waals surface area (Å²) in [6.07, 6.45) is 6.44. The number of nitrogens with one attached hydrogen (secondary N) is 1. The van der Waals surface area contributed by atoms with Crippen LogP contribution in [-0.4, -0.2) is 93.7 Å². The van der Waals surface area contributed by atoms with Gasteiger partial charge < -0.3 is 23.7 Å². The normalized spacial score (nSPS) is 25.0. The number of ether oxygens (including phenoxy) is 3. The summed E-state index contributed by atoms with van der Waals surface area (Å²) in [4.78, 5) is 30.0. The maximum atomic E-state index is 14.5. The molecule has 2 saturated heterocycles. The molecule has 3 aromatic rings. The quantitative estimate of drug-likeness (QED) is 0.424. The molecule has 3 aliphatic heterocycles. The van der Waals surface area contributed by atoms with Gasteiger partial charge in [0, 0.05) is 60.7 Å². The van der Waals surface area contributed by atoms with Gasteiger partial charge in [-0.1, -0.05) is 25.3 Å². The lowest BCUT2D eigenvalue weighted by molar-refractivity contribution is -0.141. The summed E-state index contributed by atoms with van der Waals surface area (Å²) in [7, 11) is -2.35. The number of aromatic nitrogens is 1. The molecular formula is C35H42N4O7S. The molecule has 5 aliphatic rings. The number of carbonyl (C=O) groups excluding carboxylic acids is 2. The lowest BCUT2D eigenvalue weighted by Gasteiger charge is -2.31. The van der Waals surface area contributed by atoms with Crippen molar-refractivity contribution in [2.75, 3.05) is 59.7 Å². The van der Waals surface area contributed by atoms with Gasteiger partial charge in [-0.25, -0.2) is 4.72 Å². The number of morpholine rings is 2. The first-order valence-electron chi connectivity index (χ1n) is 16.9. The van der Waals surface area contributed by atoms with Crippen molar-refractivity contribution >= 4 is 32.9 Å². The highest BCUT2D eigenvalue weighted by Gasteiger charge is 2.64. The molecule has 0 bridgehead atoms. The van der Waals surface area contributed by atoms with E-state index in [1.807, 2.05) is 23.1 Å². The number of hydrogen-bond acceptors (Lipinski definition) is 7. The van der Waals surface area contributed by atoms with Crippen LogP contribution in [0, 0.1) is 5.41 Å². The number of hydrogen-bond donors (Lipinski definition) is 1. The Bertz CT molecular complexity index is 1840. The van der Waals surface area contributed by atoms with Crippen LogP contribution in [0.3, 0.4) is 0 Å². The standard InChI is InChI=1S/C35H42N4O7S/c1-44-25-8-10-26-28(20-25)29-21-35(29,34(41)37-11-15-45-16-12-37)22-39-30-19-24(33(40)36-47(42,43)38-13-17-46-18-14-38)7-9-27(30)31(32(26)39)23-5-3-2-4-6-23/h7-10,19-20,23,29H,2-6,11-18,21-22H2,1H3,(H,36,40). The van der Waals surface area contributed by atoms with Crippen molar-refractivity contribution in [3.05, 3.63) is 53.1 Å². The first-order chi connectivity index (χ1) is 22.8. The molecule has 0 radical (unpaired) electrons. The van der Waals surface area contributed by atoms with Crippen LogP contribution >= 0.6 is 0 Å². The van der Waals surface area contributed by atoms with Gasteiger partial charge in [0.25, 0.3) is 5.91 Å². The molecule has 11 nitrogen and oxygen atoms in total. The zero-order valence-electron chi connectivity index (χ0n) is 26.8. The van der Waals surface area contributed by atoms with Gasteiger partial charge in [0.2, 0.25) is 5.91 Å². The van der Waals surface area contributed by atoms with Gasteiger partial charge in [0.1, 0.15) is 5.75 Å². The van der Waals surface area contributed by atoms with E-state index in [1.165, 1.54) is 16.3 Å². The predicted octanol–water partition coefficient (Wildman–Crippen LogP) is 4.02. The fourth-order valence-electron chi connectivity index (χ4n) is 8.53. The number of carbonyl (C=O) groups is 2. The van der Waals surface area contributed by atoms with Crippen molar-refractivity contribution in [1.82, 2.24) is 18.5 Å². The smallest absolute Gasteiger partial charge is 0.304 e. The van der Waals surface area contributed by atoms with Crippen molar-refractivity contribution in [3.8, 4) is 17.0 Å². The van der Waals surface area contributed by atoms with Gasteiger partial charge in [-0.3, -0.25) is 9.59 Å². The summed E-state index contributed by atoms with van der Waals surface area (Å²) >= 11 is 0. The Morgan fingerprint density at radius 3 is 2.38 bits per heavy atom. The molecule has 2 amide bonds. The number of rotatable bonds is 6. The molecule has 250 valence electrons. The van der Waals surface area contributed by atoms with Gasteiger partial charge in [0.05, 0.1) is 44.6 Å². The van der Waals surface area contributed by atoms with E-state index in [2.05, 4.69) is 21.4 Å². The maximum Gasteiger partial charge on any atom is 0.304 e. The molecule has 2 saturated carbocycles. The lowest BCUT2D eigenvalue weighted by atomic mass is 9.81. The minimum atomic E-state index is -4.03. The average Bonchev–Trinajstić information content (AvgIpc) is 3.78. The second-order valence-corrected chi connectivity index (χ2v) is 15.3. The zero-order chi connectivity index (χ0) is 32.3. The summed E-state index contributed by atoms with van der Waals surface area (Å²) in [5.74, 6) is 0.642. The molecule has 4 fully saturated rings. The minimum Gasteiger partial charge on any atom is -0.497 e. The Kier molecular flexibility index (Phi) is 7.82. The van der Waals surface area contributed by atoms with E-state index in [9.17, 15) is 18.0 Å². The fraction of sp³-hybridized carbons (Fsp3) is 0.543. The van der Waals surface area contributed by atoms with E-state index in [4.69, 9.17) is 14.2 Å². The van der Waals surface area contributed by atoms with Crippen LogP contribution < -0.4 is 9.46 Å². The molecule has 1 N–H and O–H groups in total. The highest BCUT2D eigenvalue weighted by molar-refractivity contribution is 7.87. The monoisotopic (exact) mass is 662 g/mol. The number of fused-ring (bicyclic) bond motifs is 7. The van der Waals surface area contributed by atoms with Crippen LogP contribution in [0.15, 0.2) is 36.4 Å². The molecule has 2 aliphatic carbocycles. The van der Waals surface area contributed by atoms with Crippen LogP contribution in [0.4, 0.5) is 0 Å². The number of amides is 2. The second-order valence-electron chi connectivity index (χ2n) is 13.6. The minimum absolute atomic E-state index is 0.0437. The van der Waals surface area contributed by atoms with Crippen molar-refractivity contribution in [3.63, 3.8) is 0 Å². The van der Waals surface area contributed by atoms with Crippen molar-refractivity contribution in [2.24, 2.45) is 5.41 Å². The first kappa shape index (κ1) is 30.9. The van der Waals surface area contributed by atoms with E-state index in [1.54, 1.807) is 13.2 Å². The SMILES string of the molecule is COc1ccc2c(c1)C1CC1(C(=O)N1CCOCC1)Cn1c-2c(C2CCCCC2)c2ccc(C(=O)NS(=O)(=O)N3CCOCC3)cc21. The lowest BCUT2D eigenvalue weighted by Crippen LogP contribution is -2.48. The number of benzene rings is 2. The highest BCUT2D eigenvalue weighted by Crippen LogP contribution is 2.66. The van der Waals surface area contributed by atoms with Gasteiger partial charge in [0.15, 0.2) is 0 Å². The second kappa shape index (κ2) is 11.9. The van der Waals surface area contributed by atoms with Crippen LogP contribution in [0.25, 0.3) is 22.2 Å². The zero-order valence-corrected chi connectivity index (χ0v) is 27.6. The van der Waals surface area contributed by atoms with E-state index in [-0.39, 0.29) is 30.5 Å². The van der Waals surface area contributed by atoms with E-state index in [0.717, 1.165) is 65.6 Å². The third kappa shape index (κ3) is 5.24. The Labute approximate surface area is 275 Å². The van der Waals surface area contributed by atoms with Crippen LogP contribution in [0.5, 0.6) is 5.75 Å². The van der Waals surface area contributed by atoms with Crippen LogP contribution in [0.2, 0.25) is 0 Å². The van der Waals surface area contributed by atoms with Crippen molar-refractivity contribution in [1.29, 1.82) is 0 Å². The predicted molar refractivity (Wildman–Crippen MR) is 176 cm³/mol. The van der Waals surface area contributed by atoms with Crippen LogP contribution in [0.1, 0.15) is 71.8 Å². The molecule has 2 atom stereocenters. The Hall–Kier alpha value is -3.45. The summed E-state index contributed by atoms with van der Waals surface area (Å²) in [5, 5.41) is 1.06. The Balaban J connectivity index is 1.28. The third-order valence-electron chi connectivity index (χ3n) is 11.0. The fourth-order valence-corrected chi connectivity index (χ4v) is 9.64. The van der Waals surface area contributed by atoms with Gasteiger partial charge >= 0.3 is 10.2 Å². The van der Waals surface area contributed by atoms with Gasteiger partial charge in [-0.05, 0) is 66.6 Å². The Morgan fingerprint density at radius 1 is 0.936 bits per heavy atom. The van der Waals surface area contributed by atoms with Gasteiger partial charge in [-0.2, -0.15) is 12.7 Å². The molecule has 4 heterocycles. The maximum absolute atomic E-state index is 14.5. The Morgan fingerprint density at radius 2 is 1.66 bits per heavy atom.